The second kappa shape index (κ2) is 6.62. The van der Waals surface area contributed by atoms with Gasteiger partial charge in [-0.15, -0.1) is 0 Å². The lowest BCUT2D eigenvalue weighted by atomic mass is 9.98. The second-order valence-electron chi connectivity index (χ2n) is 6.01. The number of halogens is 1. The molecule has 1 N–H and O–H groups in total. The van der Waals surface area contributed by atoms with Gasteiger partial charge in [-0.25, -0.2) is 0 Å². The van der Waals surface area contributed by atoms with Gasteiger partial charge in [0.05, 0.1) is 6.61 Å². The van der Waals surface area contributed by atoms with Gasteiger partial charge in [-0.05, 0) is 54.6 Å². The summed E-state index contributed by atoms with van der Waals surface area (Å²) in [5, 5.41) is 4.35. The molecule has 3 heteroatoms. The Bertz CT molecular complexity index is 431. The molecule has 0 fully saturated rings. The normalized spacial score (nSPS) is 15.4. The third-order valence-corrected chi connectivity index (χ3v) is 3.66. The first-order valence-electron chi connectivity index (χ1n) is 7.21. The zero-order valence-electron chi connectivity index (χ0n) is 12.1. The molecule has 0 amide bonds. The van der Waals surface area contributed by atoms with Gasteiger partial charge in [0.1, 0.15) is 5.75 Å². The maximum absolute atomic E-state index is 6.19. The number of nitrogens with one attached hydrogen (secondary N) is 1. The molecule has 1 aromatic carbocycles. The van der Waals surface area contributed by atoms with E-state index in [1.807, 2.05) is 6.07 Å². The van der Waals surface area contributed by atoms with Crippen molar-refractivity contribution in [2.75, 3.05) is 19.7 Å². The number of fused-ring (bicyclic) bond motifs is 1. The summed E-state index contributed by atoms with van der Waals surface area (Å²) in [6, 6.07) is 4.10. The van der Waals surface area contributed by atoms with E-state index in [9.17, 15) is 0 Å². The molecule has 2 rings (SSSR count). The van der Waals surface area contributed by atoms with Gasteiger partial charge in [-0.2, -0.15) is 0 Å². The molecule has 1 atom stereocenters. The van der Waals surface area contributed by atoms with Gasteiger partial charge in [0.2, 0.25) is 0 Å². The molecule has 0 aromatic heterocycles. The highest BCUT2D eigenvalue weighted by atomic mass is 35.5. The number of rotatable bonds is 6. The van der Waals surface area contributed by atoms with Crippen LogP contribution < -0.4 is 10.1 Å². The Kier molecular flexibility index (Phi) is 5.12. The average molecular weight is 282 g/mol. The molecule has 1 aromatic rings. The molecule has 1 aliphatic rings. The van der Waals surface area contributed by atoms with E-state index >= 15 is 0 Å². The summed E-state index contributed by atoms with van der Waals surface area (Å²) >= 11 is 6.19. The minimum Gasteiger partial charge on any atom is -0.493 e. The van der Waals surface area contributed by atoms with Gasteiger partial charge in [0.25, 0.3) is 0 Å². The van der Waals surface area contributed by atoms with Crippen LogP contribution in [-0.4, -0.2) is 19.7 Å². The second-order valence-corrected chi connectivity index (χ2v) is 6.45. The summed E-state index contributed by atoms with van der Waals surface area (Å²) in [5.74, 6) is 2.37. The van der Waals surface area contributed by atoms with E-state index < -0.39 is 0 Å². The summed E-state index contributed by atoms with van der Waals surface area (Å²) in [6.07, 6.45) is 2.01. The van der Waals surface area contributed by atoms with E-state index in [4.69, 9.17) is 16.3 Å². The van der Waals surface area contributed by atoms with Crippen molar-refractivity contribution in [3.8, 4) is 5.75 Å². The molecule has 0 spiro atoms. The van der Waals surface area contributed by atoms with Gasteiger partial charge >= 0.3 is 0 Å². The topological polar surface area (TPSA) is 21.3 Å². The fourth-order valence-electron chi connectivity index (χ4n) is 2.56. The smallest absolute Gasteiger partial charge is 0.125 e. The maximum atomic E-state index is 6.19. The molecule has 0 radical (unpaired) electrons. The zero-order valence-corrected chi connectivity index (χ0v) is 12.9. The van der Waals surface area contributed by atoms with Crippen molar-refractivity contribution in [2.45, 2.75) is 33.6 Å². The molecule has 2 nitrogen and oxygen atoms in total. The van der Waals surface area contributed by atoms with Crippen LogP contribution in [0.1, 0.15) is 31.9 Å². The molecule has 1 aliphatic heterocycles. The fourth-order valence-corrected chi connectivity index (χ4v) is 2.83. The summed E-state index contributed by atoms with van der Waals surface area (Å²) in [6.45, 7) is 9.65. The van der Waals surface area contributed by atoms with E-state index in [0.29, 0.717) is 11.8 Å². The highest BCUT2D eigenvalue weighted by molar-refractivity contribution is 6.30. The van der Waals surface area contributed by atoms with Crippen molar-refractivity contribution in [1.82, 2.24) is 5.32 Å². The SMILES string of the molecule is CC(C)CNCC(C)Cc1cc(Cl)cc2c1OCC2. The Morgan fingerprint density at radius 1 is 1.26 bits per heavy atom. The van der Waals surface area contributed by atoms with E-state index in [-0.39, 0.29) is 0 Å². The Morgan fingerprint density at radius 2 is 2.05 bits per heavy atom. The monoisotopic (exact) mass is 281 g/mol. The Labute approximate surface area is 121 Å². The molecule has 1 unspecified atom stereocenters. The third kappa shape index (κ3) is 4.12. The first-order valence-corrected chi connectivity index (χ1v) is 7.59. The number of benzene rings is 1. The van der Waals surface area contributed by atoms with E-state index in [0.717, 1.165) is 43.3 Å². The summed E-state index contributed by atoms with van der Waals surface area (Å²) in [4.78, 5) is 0. The molecule has 0 saturated heterocycles. The predicted molar refractivity (Wildman–Crippen MR) is 81.2 cm³/mol. The van der Waals surface area contributed by atoms with Crippen LogP contribution in [0.3, 0.4) is 0 Å². The van der Waals surface area contributed by atoms with Crippen molar-refractivity contribution in [3.63, 3.8) is 0 Å². The van der Waals surface area contributed by atoms with Gasteiger partial charge in [0, 0.05) is 11.4 Å². The Morgan fingerprint density at radius 3 is 2.79 bits per heavy atom. The summed E-state index contributed by atoms with van der Waals surface area (Å²) in [7, 11) is 0. The van der Waals surface area contributed by atoms with Crippen molar-refractivity contribution < 1.29 is 4.74 Å². The van der Waals surface area contributed by atoms with Crippen LogP contribution in [0.5, 0.6) is 5.75 Å². The number of hydrogen-bond donors (Lipinski definition) is 1. The first kappa shape index (κ1) is 14.7. The predicted octanol–water partition coefficient (Wildman–Crippen LogP) is 3.70. The fraction of sp³-hybridized carbons (Fsp3) is 0.625. The van der Waals surface area contributed by atoms with Crippen LogP contribution in [0.15, 0.2) is 12.1 Å². The largest absolute Gasteiger partial charge is 0.493 e. The molecular weight excluding hydrogens is 258 g/mol. The van der Waals surface area contributed by atoms with E-state index in [1.54, 1.807) is 0 Å². The lowest BCUT2D eigenvalue weighted by Crippen LogP contribution is -2.26. The molecule has 106 valence electrons. The maximum Gasteiger partial charge on any atom is 0.125 e. The van der Waals surface area contributed by atoms with Crippen LogP contribution in [0, 0.1) is 11.8 Å². The Balaban J connectivity index is 1.95. The minimum atomic E-state index is 0.588. The molecule has 0 aliphatic carbocycles. The van der Waals surface area contributed by atoms with E-state index in [2.05, 4.69) is 32.2 Å². The highest BCUT2D eigenvalue weighted by Gasteiger charge is 2.18. The molecule has 0 bridgehead atoms. The van der Waals surface area contributed by atoms with Crippen LogP contribution >= 0.6 is 11.6 Å². The number of hydrogen-bond acceptors (Lipinski definition) is 2. The minimum absolute atomic E-state index is 0.588. The average Bonchev–Trinajstić information content (AvgIpc) is 2.76. The third-order valence-electron chi connectivity index (χ3n) is 3.44. The Hall–Kier alpha value is -0.730. The van der Waals surface area contributed by atoms with Gasteiger partial charge in [-0.3, -0.25) is 0 Å². The lowest BCUT2D eigenvalue weighted by molar-refractivity contribution is 0.350. The standard InChI is InChI=1S/C16H24ClNO/c1-11(2)9-18-10-12(3)6-14-8-15(17)7-13-4-5-19-16(13)14/h7-8,11-12,18H,4-6,9-10H2,1-3H3. The van der Waals surface area contributed by atoms with Crippen molar-refractivity contribution in [2.24, 2.45) is 11.8 Å². The van der Waals surface area contributed by atoms with Gasteiger partial charge in [-0.1, -0.05) is 32.4 Å². The van der Waals surface area contributed by atoms with Gasteiger partial charge in [0.15, 0.2) is 0 Å². The van der Waals surface area contributed by atoms with Crippen LogP contribution in [-0.2, 0) is 12.8 Å². The quantitative estimate of drug-likeness (QED) is 0.858. The summed E-state index contributed by atoms with van der Waals surface area (Å²) < 4.78 is 5.75. The highest BCUT2D eigenvalue weighted by Crippen LogP contribution is 2.34. The van der Waals surface area contributed by atoms with Gasteiger partial charge < -0.3 is 10.1 Å². The first-order chi connectivity index (χ1) is 9.06. The molecule has 0 saturated carbocycles. The lowest BCUT2D eigenvalue weighted by Gasteiger charge is -2.16. The summed E-state index contributed by atoms with van der Waals surface area (Å²) in [5.41, 5.74) is 2.53. The molecule has 19 heavy (non-hydrogen) atoms. The van der Waals surface area contributed by atoms with Crippen molar-refractivity contribution in [1.29, 1.82) is 0 Å². The zero-order chi connectivity index (χ0) is 13.8. The number of ether oxygens (including phenoxy) is 1. The van der Waals surface area contributed by atoms with Crippen LogP contribution in [0.4, 0.5) is 0 Å². The van der Waals surface area contributed by atoms with Crippen LogP contribution in [0.2, 0.25) is 5.02 Å². The van der Waals surface area contributed by atoms with E-state index in [1.165, 1.54) is 11.1 Å². The van der Waals surface area contributed by atoms with Crippen molar-refractivity contribution in [3.05, 3.63) is 28.3 Å². The molecule has 1 heterocycles. The molecular formula is C16H24ClNO. The van der Waals surface area contributed by atoms with Crippen LogP contribution in [0.25, 0.3) is 0 Å². The van der Waals surface area contributed by atoms with Crippen molar-refractivity contribution >= 4 is 11.6 Å².